The summed E-state index contributed by atoms with van der Waals surface area (Å²) in [7, 11) is 1.18. The van der Waals surface area contributed by atoms with Crippen LogP contribution in [0.25, 0.3) is 6.08 Å². The van der Waals surface area contributed by atoms with Gasteiger partial charge < -0.3 is 15.2 Å². The maximum absolute atomic E-state index is 11.5. The zero-order valence-corrected chi connectivity index (χ0v) is 11.1. The van der Waals surface area contributed by atoms with Gasteiger partial charge in [-0.25, -0.2) is 4.79 Å². The number of ether oxygens (including phenoxy) is 1. The SMILES string of the molecule is COC(=O)C(CO)NC(=O)/C=C/c1ccc(Cl)cc1. The predicted molar refractivity (Wildman–Crippen MR) is 71.5 cm³/mol. The largest absolute Gasteiger partial charge is 0.467 e. The molecule has 5 nitrogen and oxygen atoms in total. The van der Waals surface area contributed by atoms with Gasteiger partial charge in [-0.05, 0) is 23.8 Å². The molecule has 0 spiro atoms. The molecule has 1 rings (SSSR count). The Morgan fingerprint density at radius 2 is 2.05 bits per heavy atom. The molecular formula is C13H14ClNO4. The summed E-state index contributed by atoms with van der Waals surface area (Å²) in [6.07, 6.45) is 2.83. The molecule has 0 saturated carbocycles. The van der Waals surface area contributed by atoms with Crippen LogP contribution in [0.1, 0.15) is 5.56 Å². The number of amides is 1. The Morgan fingerprint density at radius 3 is 2.58 bits per heavy atom. The monoisotopic (exact) mass is 283 g/mol. The lowest BCUT2D eigenvalue weighted by Crippen LogP contribution is -2.43. The molecule has 0 saturated heterocycles. The van der Waals surface area contributed by atoms with Gasteiger partial charge in [0, 0.05) is 11.1 Å². The first kappa shape index (κ1) is 15.2. The van der Waals surface area contributed by atoms with Crippen LogP contribution in [0.15, 0.2) is 30.3 Å². The number of carbonyl (C=O) groups is 2. The quantitative estimate of drug-likeness (QED) is 0.624. The molecule has 1 aromatic carbocycles. The van der Waals surface area contributed by atoms with Crippen LogP contribution in [0.3, 0.4) is 0 Å². The smallest absolute Gasteiger partial charge is 0.330 e. The second-order valence-corrected chi connectivity index (χ2v) is 4.09. The molecule has 19 heavy (non-hydrogen) atoms. The molecule has 0 aromatic heterocycles. The molecule has 102 valence electrons. The van der Waals surface area contributed by atoms with Crippen molar-refractivity contribution in [2.75, 3.05) is 13.7 Å². The molecule has 2 N–H and O–H groups in total. The molecule has 1 unspecified atom stereocenters. The Balaban J connectivity index is 2.59. The number of esters is 1. The highest BCUT2D eigenvalue weighted by Gasteiger charge is 2.18. The highest BCUT2D eigenvalue weighted by atomic mass is 35.5. The summed E-state index contributed by atoms with van der Waals surface area (Å²) in [6.45, 7) is -0.521. The van der Waals surface area contributed by atoms with Crippen LogP contribution in [0.4, 0.5) is 0 Å². The first-order valence-corrected chi connectivity index (χ1v) is 5.87. The average molecular weight is 284 g/mol. The lowest BCUT2D eigenvalue weighted by molar-refractivity contribution is -0.145. The zero-order chi connectivity index (χ0) is 14.3. The molecule has 0 heterocycles. The van der Waals surface area contributed by atoms with Crippen molar-refractivity contribution >= 4 is 29.6 Å². The van der Waals surface area contributed by atoms with E-state index >= 15 is 0 Å². The topological polar surface area (TPSA) is 75.6 Å². The van der Waals surface area contributed by atoms with E-state index in [1.165, 1.54) is 13.2 Å². The minimum atomic E-state index is -1.06. The van der Waals surface area contributed by atoms with E-state index < -0.39 is 24.5 Å². The first-order chi connectivity index (χ1) is 9.06. The molecule has 1 aromatic rings. The molecule has 0 bridgehead atoms. The van der Waals surface area contributed by atoms with E-state index in [4.69, 9.17) is 16.7 Å². The summed E-state index contributed by atoms with van der Waals surface area (Å²) < 4.78 is 4.43. The molecule has 0 aliphatic carbocycles. The highest BCUT2D eigenvalue weighted by molar-refractivity contribution is 6.30. The lowest BCUT2D eigenvalue weighted by atomic mass is 10.2. The molecule has 0 aliphatic heterocycles. The van der Waals surface area contributed by atoms with Gasteiger partial charge in [-0.2, -0.15) is 0 Å². The third-order valence-corrected chi connectivity index (χ3v) is 2.53. The fourth-order valence-electron chi connectivity index (χ4n) is 1.29. The number of halogens is 1. The Bertz CT molecular complexity index is 470. The number of rotatable bonds is 5. The van der Waals surface area contributed by atoms with Crippen molar-refractivity contribution in [3.05, 3.63) is 40.9 Å². The van der Waals surface area contributed by atoms with Crippen molar-refractivity contribution in [1.29, 1.82) is 0 Å². The van der Waals surface area contributed by atoms with Crippen LogP contribution in [0, 0.1) is 0 Å². The van der Waals surface area contributed by atoms with Gasteiger partial charge in [-0.3, -0.25) is 4.79 Å². The summed E-state index contributed by atoms with van der Waals surface area (Å²) in [5, 5.41) is 11.9. The van der Waals surface area contributed by atoms with Crippen LogP contribution < -0.4 is 5.32 Å². The summed E-state index contributed by atoms with van der Waals surface area (Å²) in [5.74, 6) is -1.20. The van der Waals surface area contributed by atoms with Gasteiger partial charge >= 0.3 is 5.97 Å². The second kappa shape index (κ2) is 7.56. The van der Waals surface area contributed by atoms with Gasteiger partial charge in [0.2, 0.25) is 5.91 Å². The van der Waals surface area contributed by atoms with Gasteiger partial charge in [-0.15, -0.1) is 0 Å². The molecular weight excluding hydrogens is 270 g/mol. The van der Waals surface area contributed by atoms with Crippen LogP contribution >= 0.6 is 11.6 Å². The number of hydrogen-bond donors (Lipinski definition) is 2. The van der Waals surface area contributed by atoms with Gasteiger partial charge in [0.1, 0.15) is 0 Å². The fourth-order valence-corrected chi connectivity index (χ4v) is 1.41. The first-order valence-electron chi connectivity index (χ1n) is 5.49. The molecule has 0 aliphatic rings. The number of carbonyl (C=O) groups excluding carboxylic acids is 2. The van der Waals surface area contributed by atoms with Crippen LogP contribution in [-0.2, 0) is 14.3 Å². The van der Waals surface area contributed by atoms with Gasteiger partial charge in [0.25, 0.3) is 0 Å². The van der Waals surface area contributed by atoms with Gasteiger partial charge in [0.05, 0.1) is 13.7 Å². The van der Waals surface area contributed by atoms with Crippen molar-refractivity contribution in [3.8, 4) is 0 Å². The molecule has 1 amide bonds. The van der Waals surface area contributed by atoms with Crippen molar-refractivity contribution < 1.29 is 19.4 Å². The highest BCUT2D eigenvalue weighted by Crippen LogP contribution is 2.10. The van der Waals surface area contributed by atoms with E-state index in [1.54, 1.807) is 30.3 Å². The number of hydrogen-bond acceptors (Lipinski definition) is 4. The van der Waals surface area contributed by atoms with Crippen molar-refractivity contribution in [1.82, 2.24) is 5.32 Å². The summed E-state index contributed by atoms with van der Waals surface area (Å²) in [5.41, 5.74) is 0.790. The number of nitrogens with one attached hydrogen (secondary N) is 1. The summed E-state index contributed by atoms with van der Waals surface area (Å²) >= 11 is 5.73. The van der Waals surface area contributed by atoms with Crippen molar-refractivity contribution in [2.24, 2.45) is 0 Å². The Labute approximate surface area is 115 Å². The lowest BCUT2D eigenvalue weighted by Gasteiger charge is -2.11. The van der Waals surface area contributed by atoms with Gasteiger partial charge in [0.15, 0.2) is 6.04 Å². The van der Waals surface area contributed by atoms with Gasteiger partial charge in [-0.1, -0.05) is 23.7 Å². The van der Waals surface area contributed by atoms with E-state index in [0.717, 1.165) is 5.56 Å². The zero-order valence-electron chi connectivity index (χ0n) is 10.3. The summed E-state index contributed by atoms with van der Waals surface area (Å²) in [4.78, 5) is 22.7. The standard InChI is InChI=1S/C13H14ClNO4/c1-19-13(18)11(8-16)15-12(17)7-4-9-2-5-10(14)6-3-9/h2-7,11,16H,8H2,1H3,(H,15,17)/b7-4+. The van der Waals surface area contributed by atoms with Crippen LogP contribution in [0.5, 0.6) is 0 Å². The van der Waals surface area contributed by atoms with E-state index in [1.807, 2.05) is 0 Å². The van der Waals surface area contributed by atoms with Crippen molar-refractivity contribution in [2.45, 2.75) is 6.04 Å². The second-order valence-electron chi connectivity index (χ2n) is 3.65. The Kier molecular flexibility index (Phi) is 6.05. The fraction of sp³-hybridized carbons (Fsp3) is 0.231. The van der Waals surface area contributed by atoms with E-state index in [0.29, 0.717) is 5.02 Å². The maximum Gasteiger partial charge on any atom is 0.330 e. The molecule has 0 radical (unpaired) electrons. The van der Waals surface area contributed by atoms with Crippen molar-refractivity contribution in [3.63, 3.8) is 0 Å². The normalized spacial score (nSPS) is 12.2. The van der Waals surface area contributed by atoms with E-state index in [9.17, 15) is 9.59 Å². The number of aliphatic hydroxyl groups excluding tert-OH is 1. The molecule has 1 atom stereocenters. The number of benzene rings is 1. The Hall–Kier alpha value is -1.85. The number of aliphatic hydroxyl groups is 1. The van der Waals surface area contributed by atoms with E-state index in [2.05, 4.69) is 10.1 Å². The number of methoxy groups -OCH3 is 1. The average Bonchev–Trinajstić information content (AvgIpc) is 2.43. The Morgan fingerprint density at radius 1 is 1.42 bits per heavy atom. The van der Waals surface area contributed by atoms with Crippen LogP contribution in [-0.4, -0.2) is 36.7 Å². The third-order valence-electron chi connectivity index (χ3n) is 2.28. The summed E-state index contributed by atoms with van der Waals surface area (Å²) in [6, 6.07) is 5.83. The molecule has 6 heteroatoms. The predicted octanol–water partition coefficient (Wildman–Crippen LogP) is 1.00. The van der Waals surface area contributed by atoms with E-state index in [-0.39, 0.29) is 0 Å². The third kappa shape index (κ3) is 5.11. The minimum Gasteiger partial charge on any atom is -0.467 e. The minimum absolute atomic E-state index is 0.501. The van der Waals surface area contributed by atoms with Crippen LogP contribution in [0.2, 0.25) is 5.02 Å². The maximum atomic E-state index is 11.5. The molecule has 0 fully saturated rings.